The van der Waals surface area contributed by atoms with Gasteiger partial charge < -0.3 is 4.89 Å². The predicted octanol–water partition coefficient (Wildman–Crippen LogP) is 0.0200. The summed E-state index contributed by atoms with van der Waals surface area (Å²) < 4.78 is 0. The van der Waals surface area contributed by atoms with Gasteiger partial charge in [-0.1, -0.05) is 0 Å². The Hall–Kier alpha value is 0.352. The third-order valence-electron chi connectivity index (χ3n) is 0.129. The van der Waals surface area contributed by atoms with Crippen LogP contribution >= 0.6 is 0 Å². The van der Waals surface area contributed by atoms with Gasteiger partial charge >= 0.3 is 5.97 Å². The second-order valence-corrected chi connectivity index (χ2v) is 0.583. The monoisotopic (exact) mass is 190 g/mol. The van der Waals surface area contributed by atoms with Crippen LogP contribution in [-0.2, 0) is 37.0 Å². The van der Waals surface area contributed by atoms with Gasteiger partial charge in [-0.25, -0.2) is 4.79 Å². The molecular weight excluding hydrogens is 184 g/mol. The third-order valence-corrected chi connectivity index (χ3v) is 0.129. The molecule has 4 heteroatoms. The normalized spacial score (nSPS) is 5.67. The maximum Gasteiger partial charge on any atom is 0.339 e. The van der Waals surface area contributed by atoms with Crippen molar-refractivity contribution in [3.63, 3.8) is 0 Å². The number of rotatable bonds is 0. The van der Waals surface area contributed by atoms with Gasteiger partial charge in [0.25, 0.3) is 0 Å². The van der Waals surface area contributed by atoms with Gasteiger partial charge in [0.15, 0.2) is 0 Å². The van der Waals surface area contributed by atoms with E-state index < -0.39 is 5.97 Å². The summed E-state index contributed by atoms with van der Waals surface area (Å²) in [5.41, 5.74) is 0. The number of hydrogen-bond acceptors (Lipinski definition) is 3. The molecule has 0 bridgehead atoms. The fourth-order valence-corrected chi connectivity index (χ4v) is 0. The molecular formula is C2H4CdO3. The summed E-state index contributed by atoms with van der Waals surface area (Å²) >= 11 is 0. The van der Waals surface area contributed by atoms with E-state index in [4.69, 9.17) is 5.26 Å². The summed E-state index contributed by atoms with van der Waals surface area (Å²) in [6, 6.07) is 0. The standard InChI is InChI=1S/C2H4O3.Cd/c1-2(3)5-4;/h4H,1H3;. The summed E-state index contributed by atoms with van der Waals surface area (Å²) in [5, 5.41) is 7.29. The molecule has 3 nitrogen and oxygen atoms in total. The second kappa shape index (κ2) is 5.35. The van der Waals surface area contributed by atoms with E-state index in [1.54, 1.807) is 0 Å². The quantitative estimate of drug-likeness (QED) is 0.331. The fraction of sp³-hybridized carbons (Fsp3) is 0.500. The zero-order valence-corrected chi connectivity index (χ0v) is 7.51. The molecule has 32 valence electrons. The van der Waals surface area contributed by atoms with Crippen LogP contribution in [0.5, 0.6) is 0 Å². The molecule has 0 unspecified atom stereocenters. The van der Waals surface area contributed by atoms with Crippen LogP contribution in [0, 0.1) is 0 Å². The van der Waals surface area contributed by atoms with Gasteiger partial charge in [0.2, 0.25) is 0 Å². The number of hydrogen-bond donors (Lipinski definition) is 1. The molecule has 0 fully saturated rings. The molecule has 0 aromatic rings. The van der Waals surface area contributed by atoms with Crippen LogP contribution in [0.2, 0.25) is 0 Å². The Labute approximate surface area is 55.4 Å². The summed E-state index contributed by atoms with van der Waals surface area (Å²) in [6.45, 7) is 1.11. The molecule has 1 N–H and O–H groups in total. The molecule has 0 aliphatic carbocycles. The van der Waals surface area contributed by atoms with E-state index in [2.05, 4.69) is 4.89 Å². The molecule has 0 radical (unpaired) electrons. The molecule has 0 saturated carbocycles. The van der Waals surface area contributed by atoms with E-state index in [-0.39, 0.29) is 27.3 Å². The van der Waals surface area contributed by atoms with Crippen molar-refractivity contribution in [3.8, 4) is 0 Å². The largest absolute Gasteiger partial charge is 0.339 e. The van der Waals surface area contributed by atoms with Gasteiger partial charge in [-0.2, -0.15) is 5.26 Å². The Kier molecular flexibility index (Phi) is 8.57. The molecule has 0 spiro atoms. The number of carbonyl (C=O) groups excluding carboxylic acids is 1. The minimum atomic E-state index is -0.690. The van der Waals surface area contributed by atoms with Gasteiger partial charge in [0.05, 0.1) is 0 Å². The molecule has 0 saturated heterocycles. The third kappa shape index (κ3) is 8.84. The first kappa shape index (κ1) is 9.61. The first-order valence-corrected chi connectivity index (χ1v) is 1.09. The van der Waals surface area contributed by atoms with Gasteiger partial charge in [-0.15, -0.1) is 0 Å². The van der Waals surface area contributed by atoms with Crippen molar-refractivity contribution in [1.29, 1.82) is 0 Å². The molecule has 0 aromatic heterocycles. The van der Waals surface area contributed by atoms with Crippen molar-refractivity contribution in [1.82, 2.24) is 0 Å². The topological polar surface area (TPSA) is 46.5 Å². The van der Waals surface area contributed by atoms with Crippen LogP contribution < -0.4 is 0 Å². The first-order valence-electron chi connectivity index (χ1n) is 1.09. The Bertz CT molecular complexity index is 44.1. The van der Waals surface area contributed by atoms with E-state index in [1.165, 1.54) is 0 Å². The molecule has 0 aromatic carbocycles. The van der Waals surface area contributed by atoms with Gasteiger partial charge in [-0.05, 0) is 0 Å². The Balaban J connectivity index is 0. The summed E-state index contributed by atoms with van der Waals surface area (Å²) in [7, 11) is 0. The fourth-order valence-electron chi connectivity index (χ4n) is 0. The van der Waals surface area contributed by atoms with Crippen LogP contribution in [0.1, 0.15) is 6.92 Å². The zero-order chi connectivity index (χ0) is 4.28. The first-order chi connectivity index (χ1) is 2.27. The maximum absolute atomic E-state index is 9.34. The summed E-state index contributed by atoms with van der Waals surface area (Å²) in [5.74, 6) is -0.690. The summed E-state index contributed by atoms with van der Waals surface area (Å²) in [6.07, 6.45) is 0. The SMILES string of the molecule is CC(=O)OO.[Cd]. The minimum Gasteiger partial charge on any atom is -0.301 e. The molecule has 0 heterocycles. The van der Waals surface area contributed by atoms with Crippen LogP contribution in [0.3, 0.4) is 0 Å². The van der Waals surface area contributed by atoms with Crippen molar-refractivity contribution in [2.45, 2.75) is 6.92 Å². The molecule has 0 aliphatic rings. The second-order valence-electron chi connectivity index (χ2n) is 0.583. The van der Waals surface area contributed by atoms with Crippen molar-refractivity contribution >= 4 is 5.97 Å². The average Bonchev–Trinajstić information content (AvgIpc) is 1.38. The average molecular weight is 188 g/mol. The van der Waals surface area contributed by atoms with E-state index in [0.29, 0.717) is 0 Å². The van der Waals surface area contributed by atoms with Crippen LogP contribution in [-0.4, -0.2) is 11.2 Å². The van der Waals surface area contributed by atoms with Crippen molar-refractivity contribution in [2.24, 2.45) is 0 Å². The van der Waals surface area contributed by atoms with E-state index >= 15 is 0 Å². The van der Waals surface area contributed by atoms with Gasteiger partial charge in [0.1, 0.15) is 0 Å². The van der Waals surface area contributed by atoms with E-state index in [1.807, 2.05) is 0 Å². The molecule has 6 heavy (non-hydrogen) atoms. The number of carbonyl (C=O) groups is 1. The van der Waals surface area contributed by atoms with Gasteiger partial charge in [0, 0.05) is 34.2 Å². The Morgan fingerprint density at radius 3 is 2.00 bits per heavy atom. The van der Waals surface area contributed by atoms with Gasteiger partial charge in [-0.3, -0.25) is 0 Å². The van der Waals surface area contributed by atoms with E-state index in [0.717, 1.165) is 6.92 Å². The molecule has 0 rings (SSSR count). The van der Waals surface area contributed by atoms with Crippen molar-refractivity contribution < 1.29 is 42.2 Å². The Morgan fingerprint density at radius 1 is 1.83 bits per heavy atom. The van der Waals surface area contributed by atoms with Crippen LogP contribution in [0.25, 0.3) is 0 Å². The van der Waals surface area contributed by atoms with Crippen LogP contribution in [0.15, 0.2) is 0 Å². The molecule has 0 amide bonds. The zero-order valence-electron chi connectivity index (χ0n) is 3.47. The molecule has 0 atom stereocenters. The molecule has 0 aliphatic heterocycles. The summed E-state index contributed by atoms with van der Waals surface area (Å²) in [4.78, 5) is 12.5. The predicted molar refractivity (Wildman–Crippen MR) is 14.4 cm³/mol. The van der Waals surface area contributed by atoms with E-state index in [9.17, 15) is 4.79 Å². The smallest absolute Gasteiger partial charge is 0.301 e. The maximum atomic E-state index is 9.34. The van der Waals surface area contributed by atoms with Crippen molar-refractivity contribution in [2.75, 3.05) is 0 Å². The van der Waals surface area contributed by atoms with Crippen LogP contribution in [0.4, 0.5) is 0 Å². The Morgan fingerprint density at radius 2 is 2.00 bits per heavy atom. The minimum absolute atomic E-state index is 0. The van der Waals surface area contributed by atoms with Crippen molar-refractivity contribution in [3.05, 3.63) is 0 Å².